The molecule has 1 aliphatic heterocycles. The number of thiocarbonyl (C=S) groups is 1. The molecule has 3 rings (SSSR count). The minimum atomic E-state index is -1.01. The predicted molar refractivity (Wildman–Crippen MR) is 101 cm³/mol. The smallest absolute Gasteiger partial charge is 0.246 e. The lowest BCUT2D eigenvalue weighted by molar-refractivity contribution is -0.138. The molecule has 1 N–H and O–H groups in total. The van der Waals surface area contributed by atoms with E-state index < -0.39 is 17.7 Å². The number of imidazole rings is 1. The van der Waals surface area contributed by atoms with E-state index in [2.05, 4.69) is 15.3 Å². The van der Waals surface area contributed by atoms with Crippen LogP contribution in [0.15, 0.2) is 29.3 Å². The van der Waals surface area contributed by atoms with E-state index in [9.17, 15) is 9.59 Å². The van der Waals surface area contributed by atoms with Crippen LogP contribution in [0, 0.1) is 5.92 Å². The molecule has 9 heteroatoms. The second-order valence-corrected chi connectivity index (χ2v) is 6.21. The monoisotopic (exact) mass is 373 g/mol. The minimum absolute atomic E-state index is 0.0945. The summed E-state index contributed by atoms with van der Waals surface area (Å²) >= 11 is 5.05. The number of hydrogen-bond donors (Lipinski definition) is 1. The number of aliphatic imine (C=N–C) groups is 1. The number of benzene rings is 1. The van der Waals surface area contributed by atoms with Crippen molar-refractivity contribution in [2.24, 2.45) is 18.0 Å². The molecule has 26 heavy (non-hydrogen) atoms. The largest absolute Gasteiger partial charge is 0.383 e. The van der Waals surface area contributed by atoms with E-state index in [0.29, 0.717) is 6.61 Å². The van der Waals surface area contributed by atoms with Crippen LogP contribution in [0.4, 0.5) is 0 Å². The van der Waals surface area contributed by atoms with Gasteiger partial charge in [-0.05, 0) is 24.4 Å². The maximum absolute atomic E-state index is 12.5. The first-order chi connectivity index (χ1) is 12.5. The molecular weight excluding hydrogens is 354 g/mol. The Morgan fingerprint density at radius 1 is 1.38 bits per heavy atom. The molecule has 1 atom stereocenters. The molecule has 1 aromatic heterocycles. The number of hydrogen-bond acceptors (Lipinski definition) is 6. The van der Waals surface area contributed by atoms with E-state index in [0.717, 1.165) is 16.9 Å². The lowest BCUT2D eigenvalue weighted by atomic mass is 10.1. The van der Waals surface area contributed by atoms with Gasteiger partial charge in [-0.15, -0.1) is 0 Å². The summed E-state index contributed by atoms with van der Waals surface area (Å²) in [7, 11) is 3.44. The Labute approximate surface area is 155 Å². The average molecular weight is 373 g/mol. The summed E-state index contributed by atoms with van der Waals surface area (Å²) in [6.45, 7) is 0.875. The second-order valence-electron chi connectivity index (χ2n) is 5.82. The molecule has 0 radical (unpaired) electrons. The van der Waals surface area contributed by atoms with Crippen LogP contribution in [0.25, 0.3) is 11.0 Å². The number of ether oxygens (including phenoxy) is 1. The highest BCUT2D eigenvalue weighted by Crippen LogP contribution is 2.15. The Hall–Kier alpha value is -2.65. The van der Waals surface area contributed by atoms with E-state index in [-0.39, 0.29) is 18.2 Å². The predicted octanol–water partition coefficient (Wildman–Crippen LogP) is 0.650. The van der Waals surface area contributed by atoms with E-state index >= 15 is 0 Å². The van der Waals surface area contributed by atoms with Gasteiger partial charge in [0.15, 0.2) is 11.0 Å². The Balaban J connectivity index is 1.73. The molecule has 136 valence electrons. The van der Waals surface area contributed by atoms with Gasteiger partial charge >= 0.3 is 0 Å². The molecule has 2 amide bonds. The summed E-state index contributed by atoms with van der Waals surface area (Å²) in [5, 5.41) is 2.62. The van der Waals surface area contributed by atoms with Crippen molar-refractivity contribution in [1.82, 2.24) is 19.8 Å². The molecule has 0 saturated carbocycles. The Kier molecular flexibility index (Phi) is 5.38. The van der Waals surface area contributed by atoms with Crippen LogP contribution < -0.4 is 5.32 Å². The average Bonchev–Trinajstić information content (AvgIpc) is 2.94. The van der Waals surface area contributed by atoms with Crippen LogP contribution in [-0.4, -0.2) is 57.9 Å². The second kappa shape index (κ2) is 7.71. The van der Waals surface area contributed by atoms with Crippen LogP contribution >= 0.6 is 12.2 Å². The summed E-state index contributed by atoms with van der Waals surface area (Å²) in [5.41, 5.74) is 1.88. The maximum Gasteiger partial charge on any atom is 0.246 e. The van der Waals surface area contributed by atoms with Crippen molar-refractivity contribution in [2.75, 3.05) is 20.3 Å². The molecular formula is C17H19N5O3S. The standard InChI is InChI=1S/C17H19N5O3S/c1-21-13-6-4-3-5-12(13)19-14(21)10-18-9-11-15(23)20-17(26)22(16(11)24)7-8-25-2/h3-6,9,11H,7-8,10H2,1-2H3,(H,20,23,26). The first kappa shape index (κ1) is 18.2. The van der Waals surface area contributed by atoms with Crippen molar-refractivity contribution in [2.45, 2.75) is 6.54 Å². The molecule has 8 nitrogen and oxygen atoms in total. The van der Waals surface area contributed by atoms with Gasteiger partial charge in [-0.25, -0.2) is 4.98 Å². The number of aromatic nitrogens is 2. The number of aryl methyl sites for hydroxylation is 1. The van der Waals surface area contributed by atoms with Crippen LogP contribution in [0.2, 0.25) is 0 Å². The number of carbonyl (C=O) groups is 2. The van der Waals surface area contributed by atoms with E-state index in [1.165, 1.54) is 18.2 Å². The van der Waals surface area contributed by atoms with Crippen LogP contribution in [0.5, 0.6) is 0 Å². The number of para-hydroxylation sites is 2. The fourth-order valence-electron chi connectivity index (χ4n) is 2.73. The van der Waals surface area contributed by atoms with Gasteiger partial charge in [0.1, 0.15) is 5.82 Å². The summed E-state index contributed by atoms with van der Waals surface area (Å²) in [6.07, 6.45) is 1.36. The van der Waals surface area contributed by atoms with Gasteiger partial charge in [0.2, 0.25) is 11.8 Å². The Morgan fingerprint density at radius 2 is 2.15 bits per heavy atom. The van der Waals surface area contributed by atoms with Gasteiger partial charge in [0, 0.05) is 20.4 Å². The van der Waals surface area contributed by atoms with Crippen molar-refractivity contribution in [3.8, 4) is 0 Å². The van der Waals surface area contributed by atoms with E-state index in [4.69, 9.17) is 17.0 Å². The quantitative estimate of drug-likeness (QED) is 0.456. The molecule has 1 aliphatic rings. The normalized spacial score (nSPS) is 18.2. The van der Waals surface area contributed by atoms with Crippen molar-refractivity contribution in [1.29, 1.82) is 0 Å². The highest BCUT2D eigenvalue weighted by atomic mass is 32.1. The number of nitrogens with one attached hydrogen (secondary N) is 1. The number of nitrogens with zero attached hydrogens (tertiary/aromatic N) is 4. The highest BCUT2D eigenvalue weighted by molar-refractivity contribution is 7.80. The molecule has 2 aromatic rings. The summed E-state index contributed by atoms with van der Waals surface area (Å²) < 4.78 is 6.91. The van der Waals surface area contributed by atoms with Gasteiger partial charge < -0.3 is 14.6 Å². The Bertz CT molecular complexity index is 892. The highest BCUT2D eigenvalue weighted by Gasteiger charge is 2.37. The van der Waals surface area contributed by atoms with E-state index in [1.807, 2.05) is 35.9 Å². The first-order valence-corrected chi connectivity index (χ1v) is 8.49. The fraction of sp³-hybridized carbons (Fsp3) is 0.353. The van der Waals surface area contributed by atoms with Crippen molar-refractivity contribution >= 4 is 46.4 Å². The lowest BCUT2D eigenvalue weighted by Gasteiger charge is -2.30. The number of rotatable bonds is 6. The Morgan fingerprint density at radius 3 is 2.88 bits per heavy atom. The maximum atomic E-state index is 12.5. The minimum Gasteiger partial charge on any atom is -0.383 e. The van der Waals surface area contributed by atoms with Crippen LogP contribution in [0.1, 0.15) is 5.82 Å². The van der Waals surface area contributed by atoms with E-state index in [1.54, 1.807) is 0 Å². The molecule has 0 aliphatic carbocycles. The first-order valence-electron chi connectivity index (χ1n) is 8.08. The third kappa shape index (κ3) is 3.49. The van der Waals surface area contributed by atoms with Crippen LogP contribution in [-0.2, 0) is 27.9 Å². The lowest BCUT2D eigenvalue weighted by Crippen LogP contribution is -2.58. The number of amides is 2. The van der Waals surface area contributed by atoms with Gasteiger partial charge in [-0.2, -0.15) is 0 Å². The number of methoxy groups -OCH3 is 1. The van der Waals surface area contributed by atoms with Crippen LogP contribution in [0.3, 0.4) is 0 Å². The molecule has 1 fully saturated rings. The molecule has 1 unspecified atom stereocenters. The summed E-state index contributed by atoms with van der Waals surface area (Å²) in [4.78, 5) is 34.7. The van der Waals surface area contributed by atoms with Gasteiger partial charge in [0.25, 0.3) is 0 Å². The number of fused-ring (bicyclic) bond motifs is 1. The zero-order chi connectivity index (χ0) is 18.7. The summed E-state index contributed by atoms with van der Waals surface area (Å²) in [6, 6.07) is 7.77. The molecule has 0 spiro atoms. The van der Waals surface area contributed by atoms with Crippen molar-refractivity contribution in [3.05, 3.63) is 30.1 Å². The third-order valence-electron chi connectivity index (χ3n) is 4.18. The molecule has 1 saturated heterocycles. The molecule has 2 heterocycles. The topological polar surface area (TPSA) is 88.8 Å². The molecule has 1 aromatic carbocycles. The summed E-state index contributed by atoms with van der Waals surface area (Å²) in [5.74, 6) is -1.13. The fourth-order valence-corrected chi connectivity index (χ4v) is 3.01. The number of carbonyl (C=O) groups excluding carboxylic acids is 2. The zero-order valence-corrected chi connectivity index (χ0v) is 15.3. The zero-order valence-electron chi connectivity index (χ0n) is 14.5. The van der Waals surface area contributed by atoms with Gasteiger partial charge in [-0.1, -0.05) is 12.1 Å². The van der Waals surface area contributed by atoms with Gasteiger partial charge in [0.05, 0.1) is 30.7 Å². The van der Waals surface area contributed by atoms with Crippen molar-refractivity contribution in [3.63, 3.8) is 0 Å². The third-order valence-corrected chi connectivity index (χ3v) is 4.50. The molecule has 0 bridgehead atoms. The SMILES string of the molecule is COCCN1C(=O)C(C=NCc2nc3ccccc3n2C)C(=O)NC1=S. The van der Waals surface area contributed by atoms with Gasteiger partial charge in [-0.3, -0.25) is 19.5 Å². The van der Waals surface area contributed by atoms with Crippen molar-refractivity contribution < 1.29 is 14.3 Å².